The summed E-state index contributed by atoms with van der Waals surface area (Å²) in [6.07, 6.45) is 11.0. The van der Waals surface area contributed by atoms with Crippen LogP contribution in [0.4, 0.5) is 0 Å². The average Bonchev–Trinajstić information content (AvgIpc) is 3.82. The Morgan fingerprint density at radius 1 is 0.882 bits per heavy atom. The molecular formula is C40H47Cl2N5O3S. The van der Waals surface area contributed by atoms with Crippen LogP contribution in [0.1, 0.15) is 98.4 Å². The van der Waals surface area contributed by atoms with Gasteiger partial charge in [0.15, 0.2) is 0 Å². The molecule has 3 aliphatic heterocycles. The molecule has 11 heteroatoms. The minimum absolute atomic E-state index is 0.0696. The number of imidazole rings is 1. The number of fused-ring (bicyclic) bond motifs is 3. The Morgan fingerprint density at radius 2 is 1.55 bits per heavy atom. The van der Waals surface area contributed by atoms with E-state index in [2.05, 4.69) is 75.7 Å². The minimum atomic E-state index is -3.90. The number of carbonyl (C=O) groups excluding carboxylic acids is 1. The number of sulfonamides is 1. The van der Waals surface area contributed by atoms with Crippen molar-refractivity contribution >= 4 is 50.2 Å². The van der Waals surface area contributed by atoms with Crippen molar-refractivity contribution < 1.29 is 13.2 Å². The molecule has 1 aromatic heterocycles. The Labute approximate surface area is 311 Å². The molecule has 2 bridgehead atoms. The molecule has 4 aromatic rings. The van der Waals surface area contributed by atoms with Gasteiger partial charge >= 0.3 is 0 Å². The van der Waals surface area contributed by atoms with E-state index in [9.17, 15) is 13.2 Å². The molecule has 1 aliphatic carbocycles. The molecule has 4 fully saturated rings. The summed E-state index contributed by atoms with van der Waals surface area (Å²) in [6, 6.07) is 23.6. The van der Waals surface area contributed by atoms with Gasteiger partial charge in [-0.15, -0.1) is 0 Å². The summed E-state index contributed by atoms with van der Waals surface area (Å²) in [6.45, 7) is 4.25. The number of nitrogens with one attached hydrogen (secondary N) is 1. The number of benzene rings is 3. The Balaban J connectivity index is 0.977. The van der Waals surface area contributed by atoms with Crippen LogP contribution in [0, 0.1) is 6.92 Å². The smallest absolute Gasteiger partial charge is 0.256 e. The lowest BCUT2D eigenvalue weighted by Crippen LogP contribution is -2.49. The molecule has 1 N–H and O–H groups in total. The molecule has 3 aromatic carbocycles. The van der Waals surface area contributed by atoms with Crippen LogP contribution in [0.5, 0.6) is 0 Å². The molecule has 0 spiro atoms. The molecule has 8 nitrogen and oxygen atoms in total. The van der Waals surface area contributed by atoms with E-state index in [-0.39, 0.29) is 37.9 Å². The van der Waals surface area contributed by atoms with Gasteiger partial charge in [0.1, 0.15) is 10.7 Å². The molecule has 4 heterocycles. The van der Waals surface area contributed by atoms with Crippen LogP contribution in [-0.2, 0) is 15.4 Å². The highest BCUT2D eigenvalue weighted by Gasteiger charge is 2.44. The summed E-state index contributed by atoms with van der Waals surface area (Å²) in [5, 5.41) is 0.0677. The maximum Gasteiger partial charge on any atom is 0.256 e. The van der Waals surface area contributed by atoms with Gasteiger partial charge in [-0.1, -0.05) is 78.5 Å². The fourth-order valence-electron chi connectivity index (χ4n) is 9.82. The Morgan fingerprint density at radius 3 is 2.25 bits per heavy atom. The Bertz CT molecular complexity index is 2010. The minimum Gasteiger partial charge on any atom is -0.338 e. The second kappa shape index (κ2) is 14.1. The van der Waals surface area contributed by atoms with E-state index in [4.69, 9.17) is 28.2 Å². The zero-order chi connectivity index (χ0) is 35.3. The largest absolute Gasteiger partial charge is 0.338 e. The fourth-order valence-corrected chi connectivity index (χ4v) is 12.0. The van der Waals surface area contributed by atoms with Crippen LogP contribution in [0.25, 0.3) is 11.0 Å². The Kier molecular flexibility index (Phi) is 9.72. The second-order valence-corrected chi connectivity index (χ2v) is 17.8. The average molecular weight is 749 g/mol. The van der Waals surface area contributed by atoms with E-state index in [1.54, 1.807) is 0 Å². The third-order valence-electron chi connectivity index (χ3n) is 12.5. The normalized spacial score (nSPS) is 24.1. The number of para-hydroxylation sites is 2. The summed E-state index contributed by atoms with van der Waals surface area (Å²) in [5.74, 6) is 0.794. The van der Waals surface area contributed by atoms with Crippen molar-refractivity contribution in [2.75, 3.05) is 19.6 Å². The van der Waals surface area contributed by atoms with Gasteiger partial charge in [-0.25, -0.2) is 18.1 Å². The maximum absolute atomic E-state index is 14.1. The van der Waals surface area contributed by atoms with Crippen molar-refractivity contribution in [3.63, 3.8) is 0 Å². The summed E-state index contributed by atoms with van der Waals surface area (Å²) < 4.78 is 32.0. The highest BCUT2D eigenvalue weighted by atomic mass is 35.5. The molecule has 3 saturated heterocycles. The van der Waals surface area contributed by atoms with Gasteiger partial charge in [0.05, 0.1) is 26.6 Å². The van der Waals surface area contributed by atoms with E-state index in [0.717, 1.165) is 75.7 Å². The first-order valence-electron chi connectivity index (χ1n) is 18.7. The highest BCUT2D eigenvalue weighted by Crippen LogP contribution is 2.45. The summed E-state index contributed by atoms with van der Waals surface area (Å²) in [4.78, 5) is 23.5. The topological polar surface area (TPSA) is 87.5 Å². The van der Waals surface area contributed by atoms with Crippen LogP contribution in [0.3, 0.4) is 0 Å². The fraction of sp³-hybridized carbons (Fsp3) is 0.500. The standard InChI is InChI=1S/C40H47Cl2N5O3S/c1-27-43-34-13-7-8-14-35(34)47(27)32-25-30-15-16-31(26-32)46(30)24-21-40(28-9-3-2-4-10-28)19-22-45(23-20-40)39(48)37-33(41)17-18-36(38(37)42)51(49,50)44-29-11-5-6-12-29/h2-4,7-10,13-14,17-18,29-32,44H,5-6,11-12,15-16,19-26H2,1H3/t30-,31+,32+. The van der Waals surface area contributed by atoms with Gasteiger partial charge < -0.3 is 9.47 Å². The number of halogens is 2. The van der Waals surface area contributed by atoms with Crippen LogP contribution in [0.15, 0.2) is 71.6 Å². The zero-order valence-electron chi connectivity index (χ0n) is 29.2. The van der Waals surface area contributed by atoms with Crippen LogP contribution >= 0.6 is 23.2 Å². The number of rotatable bonds is 9. The zero-order valence-corrected chi connectivity index (χ0v) is 31.6. The number of hydrogen-bond acceptors (Lipinski definition) is 5. The second-order valence-electron chi connectivity index (χ2n) is 15.3. The number of hydrogen-bond donors (Lipinski definition) is 1. The molecule has 0 radical (unpaired) electrons. The lowest BCUT2D eigenvalue weighted by Gasteiger charge is -2.45. The van der Waals surface area contributed by atoms with E-state index >= 15 is 0 Å². The number of amides is 1. The van der Waals surface area contributed by atoms with Crippen molar-refractivity contribution in [3.05, 3.63) is 93.7 Å². The first kappa shape index (κ1) is 35.1. The molecule has 51 heavy (non-hydrogen) atoms. The number of aromatic nitrogens is 2. The van der Waals surface area contributed by atoms with Gasteiger partial charge in [0.2, 0.25) is 10.0 Å². The predicted molar refractivity (Wildman–Crippen MR) is 203 cm³/mol. The number of aryl methyl sites for hydroxylation is 1. The van der Waals surface area contributed by atoms with E-state index in [0.29, 0.717) is 31.2 Å². The Hall–Kier alpha value is -2.95. The molecular weight excluding hydrogens is 701 g/mol. The molecule has 3 atom stereocenters. The summed E-state index contributed by atoms with van der Waals surface area (Å²) >= 11 is 13.3. The molecule has 1 amide bonds. The van der Waals surface area contributed by atoms with Gasteiger partial charge in [-0.2, -0.15) is 0 Å². The first-order chi connectivity index (χ1) is 24.6. The van der Waals surface area contributed by atoms with E-state index < -0.39 is 10.0 Å². The van der Waals surface area contributed by atoms with Crippen LogP contribution in [0.2, 0.25) is 10.0 Å². The van der Waals surface area contributed by atoms with Crippen molar-refractivity contribution in [3.8, 4) is 0 Å². The monoisotopic (exact) mass is 747 g/mol. The molecule has 4 aliphatic rings. The lowest BCUT2D eigenvalue weighted by atomic mass is 9.70. The van der Waals surface area contributed by atoms with Gasteiger partial charge in [-0.3, -0.25) is 9.69 Å². The van der Waals surface area contributed by atoms with E-state index in [1.165, 1.54) is 36.1 Å². The first-order valence-corrected chi connectivity index (χ1v) is 20.9. The molecule has 8 rings (SSSR count). The van der Waals surface area contributed by atoms with Crippen LogP contribution in [-0.4, -0.2) is 71.4 Å². The number of likely N-dealkylation sites (tertiary alicyclic amines) is 1. The van der Waals surface area contributed by atoms with Crippen molar-refractivity contribution in [1.82, 2.24) is 24.1 Å². The SMILES string of the molecule is Cc1nc2ccccc2n1[C@H]1C[C@H]2CC[C@@H](C1)N2CCC1(c2ccccc2)CCN(C(=O)c2c(Cl)ccc(S(=O)(=O)NC3CCCC3)c2Cl)CC1. The van der Waals surface area contributed by atoms with Crippen molar-refractivity contribution in [1.29, 1.82) is 0 Å². The summed E-state index contributed by atoms with van der Waals surface area (Å²) in [7, 11) is -3.90. The highest BCUT2D eigenvalue weighted by molar-refractivity contribution is 7.89. The van der Waals surface area contributed by atoms with Crippen molar-refractivity contribution in [2.45, 2.75) is 112 Å². The van der Waals surface area contributed by atoms with Crippen molar-refractivity contribution in [2.24, 2.45) is 0 Å². The number of carbonyl (C=O) groups is 1. The maximum atomic E-state index is 14.1. The lowest BCUT2D eigenvalue weighted by molar-refractivity contribution is 0.0607. The summed E-state index contributed by atoms with van der Waals surface area (Å²) in [5.41, 5.74) is 3.64. The quantitative estimate of drug-likeness (QED) is 0.186. The molecule has 270 valence electrons. The third kappa shape index (κ3) is 6.63. The predicted octanol–water partition coefficient (Wildman–Crippen LogP) is 8.30. The number of piperidine rings is 2. The van der Waals surface area contributed by atoms with Gasteiger partial charge in [0.25, 0.3) is 5.91 Å². The molecule has 0 unspecified atom stereocenters. The van der Waals surface area contributed by atoms with Gasteiger partial charge in [-0.05, 0) is 106 Å². The van der Waals surface area contributed by atoms with Gasteiger partial charge in [0, 0.05) is 37.3 Å². The third-order valence-corrected chi connectivity index (χ3v) is 14.9. The molecule has 1 saturated carbocycles. The van der Waals surface area contributed by atoms with E-state index in [1.807, 2.05) is 4.90 Å². The van der Waals surface area contributed by atoms with Crippen LogP contribution < -0.4 is 4.72 Å². The number of nitrogens with zero attached hydrogens (tertiary/aromatic N) is 4.